The fourth-order valence-electron chi connectivity index (χ4n) is 2.32. The van der Waals surface area contributed by atoms with Gasteiger partial charge in [-0.2, -0.15) is 5.10 Å². The van der Waals surface area contributed by atoms with Gasteiger partial charge in [-0.15, -0.1) is 0 Å². The lowest BCUT2D eigenvalue weighted by Crippen LogP contribution is -2.34. The first-order valence-electron chi connectivity index (χ1n) is 7.64. The molecule has 0 aliphatic heterocycles. The molecule has 2 amide bonds. The van der Waals surface area contributed by atoms with Crippen LogP contribution in [0.3, 0.4) is 0 Å². The van der Waals surface area contributed by atoms with E-state index in [4.69, 9.17) is 0 Å². The van der Waals surface area contributed by atoms with Gasteiger partial charge in [0.05, 0.1) is 17.5 Å². The highest BCUT2D eigenvalue weighted by Crippen LogP contribution is 2.40. The van der Waals surface area contributed by atoms with Crippen molar-refractivity contribution in [3.63, 3.8) is 0 Å². The average Bonchev–Trinajstić information content (AvgIpc) is 3.22. The van der Waals surface area contributed by atoms with E-state index in [1.165, 1.54) is 12.8 Å². The first kappa shape index (κ1) is 16.8. The Morgan fingerprint density at radius 2 is 2.18 bits per heavy atom. The van der Waals surface area contributed by atoms with E-state index in [2.05, 4.69) is 22.7 Å². The second kappa shape index (κ2) is 6.68. The number of nitrogens with zero attached hydrogens (tertiary/aromatic N) is 2. The molecule has 1 saturated carbocycles. The summed E-state index contributed by atoms with van der Waals surface area (Å²) in [5.74, 6) is 1.31. The van der Waals surface area contributed by atoms with Crippen molar-refractivity contribution >= 4 is 21.7 Å². The van der Waals surface area contributed by atoms with Gasteiger partial charge in [0.15, 0.2) is 9.84 Å². The number of aryl methyl sites for hydroxylation is 1. The van der Waals surface area contributed by atoms with Crippen LogP contribution in [-0.4, -0.2) is 42.3 Å². The normalized spacial score (nSPS) is 16.3. The lowest BCUT2D eigenvalue weighted by Gasteiger charge is -2.15. The van der Waals surface area contributed by atoms with Crippen molar-refractivity contribution in [3.05, 3.63) is 11.8 Å². The van der Waals surface area contributed by atoms with Crippen LogP contribution in [0.25, 0.3) is 0 Å². The molecule has 22 heavy (non-hydrogen) atoms. The summed E-state index contributed by atoms with van der Waals surface area (Å²) in [7, 11) is -3.07. The van der Waals surface area contributed by atoms with Crippen molar-refractivity contribution in [1.29, 1.82) is 0 Å². The van der Waals surface area contributed by atoms with E-state index in [0.29, 0.717) is 11.7 Å². The summed E-state index contributed by atoms with van der Waals surface area (Å²) in [4.78, 5) is 11.9. The molecule has 1 aromatic heterocycles. The van der Waals surface area contributed by atoms with Crippen LogP contribution in [-0.2, 0) is 9.84 Å². The van der Waals surface area contributed by atoms with Crippen LogP contribution in [0.4, 0.5) is 10.6 Å². The molecule has 0 spiro atoms. The number of urea groups is 1. The second-order valence-corrected chi connectivity index (χ2v) is 8.28. The summed E-state index contributed by atoms with van der Waals surface area (Å²) < 4.78 is 24.6. The van der Waals surface area contributed by atoms with Crippen molar-refractivity contribution in [2.75, 3.05) is 23.4 Å². The summed E-state index contributed by atoms with van der Waals surface area (Å²) in [6.45, 7) is 5.68. The molecule has 124 valence electrons. The minimum absolute atomic E-state index is 0.0479. The molecule has 0 radical (unpaired) electrons. The molecule has 2 rings (SSSR count). The molecule has 1 heterocycles. The largest absolute Gasteiger partial charge is 0.337 e. The van der Waals surface area contributed by atoms with Crippen LogP contribution in [0.2, 0.25) is 0 Å². The third-order valence-corrected chi connectivity index (χ3v) is 5.63. The van der Waals surface area contributed by atoms with Gasteiger partial charge < -0.3 is 5.32 Å². The highest BCUT2D eigenvalue weighted by atomic mass is 32.2. The zero-order chi connectivity index (χ0) is 16.3. The number of sulfone groups is 1. The van der Waals surface area contributed by atoms with Crippen molar-refractivity contribution in [3.8, 4) is 0 Å². The number of aromatic nitrogens is 2. The van der Waals surface area contributed by atoms with Gasteiger partial charge in [0.1, 0.15) is 5.82 Å². The smallest absolute Gasteiger partial charge is 0.320 e. The molecule has 7 nitrogen and oxygen atoms in total. The van der Waals surface area contributed by atoms with Gasteiger partial charge in [0.2, 0.25) is 0 Å². The fourth-order valence-corrected chi connectivity index (χ4v) is 3.03. The zero-order valence-corrected chi connectivity index (χ0v) is 14.1. The standard InChI is InChI=1S/C14H24N4O3S/c1-4-22(20,21)8-7-15-14(19)16-13-9-10(2)17-18(13)11(3)12-5-6-12/h9,11-12H,4-8H2,1-3H3,(H2,15,16,19). The van der Waals surface area contributed by atoms with Crippen LogP contribution < -0.4 is 10.6 Å². The number of hydrogen-bond donors (Lipinski definition) is 2. The monoisotopic (exact) mass is 328 g/mol. The maximum Gasteiger partial charge on any atom is 0.320 e. The third-order valence-electron chi connectivity index (χ3n) is 3.93. The SMILES string of the molecule is CCS(=O)(=O)CCNC(=O)Nc1cc(C)nn1C(C)C1CC1. The van der Waals surface area contributed by atoms with Crippen LogP contribution in [0, 0.1) is 12.8 Å². The predicted molar refractivity (Wildman–Crippen MR) is 85.7 cm³/mol. The molecular formula is C14H24N4O3S. The fraction of sp³-hybridized carbons (Fsp3) is 0.714. The minimum atomic E-state index is -3.07. The Bertz CT molecular complexity index is 635. The lowest BCUT2D eigenvalue weighted by molar-refractivity contribution is 0.252. The lowest BCUT2D eigenvalue weighted by atomic mass is 10.2. The van der Waals surface area contributed by atoms with Crippen molar-refractivity contribution < 1.29 is 13.2 Å². The highest BCUT2D eigenvalue weighted by molar-refractivity contribution is 7.91. The van der Waals surface area contributed by atoms with Crippen LogP contribution in [0.1, 0.15) is 38.4 Å². The molecule has 0 bridgehead atoms. The molecule has 0 aromatic carbocycles. The summed E-state index contributed by atoms with van der Waals surface area (Å²) in [5.41, 5.74) is 0.844. The highest BCUT2D eigenvalue weighted by Gasteiger charge is 2.31. The summed E-state index contributed by atoms with van der Waals surface area (Å²) in [6.07, 6.45) is 2.39. The average molecular weight is 328 g/mol. The quantitative estimate of drug-likeness (QED) is 0.797. The van der Waals surface area contributed by atoms with Gasteiger partial charge >= 0.3 is 6.03 Å². The van der Waals surface area contributed by atoms with Crippen molar-refractivity contribution in [2.24, 2.45) is 5.92 Å². The first-order valence-corrected chi connectivity index (χ1v) is 9.46. The van der Waals surface area contributed by atoms with Crippen LogP contribution >= 0.6 is 0 Å². The second-order valence-electron chi connectivity index (χ2n) is 5.81. The third kappa shape index (κ3) is 4.46. The minimum Gasteiger partial charge on any atom is -0.337 e. The van der Waals surface area contributed by atoms with Gasteiger partial charge in [-0.05, 0) is 32.6 Å². The number of carbonyl (C=O) groups excluding carboxylic acids is 1. The number of rotatable bonds is 7. The predicted octanol–water partition coefficient (Wildman–Crippen LogP) is 1.72. The number of carbonyl (C=O) groups is 1. The Hall–Kier alpha value is -1.57. The molecular weight excluding hydrogens is 304 g/mol. The van der Waals surface area contributed by atoms with Crippen molar-refractivity contribution in [2.45, 2.75) is 39.7 Å². The van der Waals surface area contributed by atoms with E-state index in [0.717, 1.165) is 5.69 Å². The van der Waals surface area contributed by atoms with Gasteiger partial charge in [-0.3, -0.25) is 5.32 Å². The molecule has 1 aromatic rings. The van der Waals surface area contributed by atoms with Crippen molar-refractivity contribution in [1.82, 2.24) is 15.1 Å². The Kier molecular flexibility index (Phi) is 5.10. The van der Waals surface area contributed by atoms with Gasteiger partial charge in [-0.1, -0.05) is 6.92 Å². The Morgan fingerprint density at radius 1 is 1.50 bits per heavy atom. The molecule has 1 fully saturated rings. The molecule has 2 N–H and O–H groups in total. The van der Waals surface area contributed by atoms with Gasteiger partial charge in [-0.25, -0.2) is 17.9 Å². The van der Waals surface area contributed by atoms with E-state index in [1.807, 2.05) is 17.7 Å². The molecule has 1 atom stereocenters. The van der Waals surface area contributed by atoms with Gasteiger partial charge in [0, 0.05) is 18.4 Å². The van der Waals surface area contributed by atoms with Gasteiger partial charge in [0.25, 0.3) is 0 Å². The summed E-state index contributed by atoms with van der Waals surface area (Å²) in [5, 5.41) is 9.76. The van der Waals surface area contributed by atoms with E-state index in [-0.39, 0.29) is 24.1 Å². The van der Waals surface area contributed by atoms with E-state index >= 15 is 0 Å². The Morgan fingerprint density at radius 3 is 2.77 bits per heavy atom. The molecule has 1 aliphatic carbocycles. The number of nitrogens with one attached hydrogen (secondary N) is 2. The molecule has 1 aliphatic rings. The van der Waals surface area contributed by atoms with Crippen LogP contribution in [0.5, 0.6) is 0 Å². The number of anilines is 1. The van der Waals surface area contributed by atoms with Crippen LogP contribution in [0.15, 0.2) is 6.07 Å². The van der Waals surface area contributed by atoms with E-state index in [9.17, 15) is 13.2 Å². The summed E-state index contributed by atoms with van der Waals surface area (Å²) >= 11 is 0. The molecule has 8 heteroatoms. The molecule has 0 saturated heterocycles. The van der Waals surface area contributed by atoms with E-state index < -0.39 is 15.9 Å². The topological polar surface area (TPSA) is 93.1 Å². The first-order chi connectivity index (χ1) is 10.3. The zero-order valence-electron chi connectivity index (χ0n) is 13.3. The number of hydrogen-bond acceptors (Lipinski definition) is 4. The Balaban J connectivity index is 1.91. The van der Waals surface area contributed by atoms with E-state index in [1.54, 1.807) is 6.92 Å². The maximum absolute atomic E-state index is 11.9. The summed E-state index contributed by atoms with van der Waals surface area (Å²) in [6, 6.07) is 1.67. The molecule has 1 unspecified atom stereocenters. The Labute approximate surface area is 131 Å². The number of amides is 2. The maximum atomic E-state index is 11.9.